The van der Waals surface area contributed by atoms with Crippen LogP contribution in [0.5, 0.6) is 0 Å². The summed E-state index contributed by atoms with van der Waals surface area (Å²) in [6.07, 6.45) is -0.962. The van der Waals surface area contributed by atoms with Gasteiger partial charge in [-0.25, -0.2) is 4.79 Å². The molecule has 186 valence electrons. The van der Waals surface area contributed by atoms with Gasteiger partial charge in [0.05, 0.1) is 13.0 Å². The van der Waals surface area contributed by atoms with Gasteiger partial charge in [0, 0.05) is 31.1 Å². The number of hydrogen-bond acceptors (Lipinski definition) is 8. The summed E-state index contributed by atoms with van der Waals surface area (Å²) in [4.78, 5) is 55.6. The van der Waals surface area contributed by atoms with E-state index in [0.29, 0.717) is 0 Å². The van der Waals surface area contributed by atoms with Crippen LogP contribution in [0, 0.1) is 0 Å². The molecule has 0 aromatic heterocycles. The molecule has 0 aromatic rings. The summed E-state index contributed by atoms with van der Waals surface area (Å²) in [7, 11) is 0. The molecule has 1 fully saturated rings. The highest BCUT2D eigenvalue weighted by Gasteiger charge is 2.39. The van der Waals surface area contributed by atoms with Crippen molar-refractivity contribution in [2.45, 2.75) is 71.2 Å². The van der Waals surface area contributed by atoms with E-state index in [0.717, 1.165) is 0 Å². The number of piperazine rings is 1. The van der Waals surface area contributed by atoms with Gasteiger partial charge in [0.1, 0.15) is 23.3 Å². The molecule has 13 heteroatoms. The molecule has 13 nitrogen and oxygen atoms in total. The van der Waals surface area contributed by atoms with Gasteiger partial charge in [0.25, 0.3) is 0 Å². The second kappa shape index (κ2) is 11.7. The molecule has 3 N–H and O–H groups in total. The van der Waals surface area contributed by atoms with E-state index < -0.39 is 47.2 Å². The predicted octanol–water partition coefficient (Wildman–Crippen LogP) is 0.920. The molecule has 0 aliphatic carbocycles. The molecule has 0 spiro atoms. The Balaban J connectivity index is 2.94. The first-order valence-electron chi connectivity index (χ1n) is 10.7. The predicted molar refractivity (Wildman–Crippen MR) is 119 cm³/mol. The van der Waals surface area contributed by atoms with E-state index in [-0.39, 0.29) is 39.1 Å². The number of ether oxygens (including phenoxy) is 2. The van der Waals surface area contributed by atoms with Crippen LogP contribution < -0.4 is 11.1 Å². The summed E-state index contributed by atoms with van der Waals surface area (Å²) in [6, 6.07) is -2.23. The lowest BCUT2D eigenvalue weighted by Crippen LogP contribution is -2.62. The summed E-state index contributed by atoms with van der Waals surface area (Å²) < 4.78 is 10.6. The third-order valence-corrected chi connectivity index (χ3v) is 4.33. The Morgan fingerprint density at radius 1 is 1.12 bits per heavy atom. The zero-order valence-electron chi connectivity index (χ0n) is 20.2. The van der Waals surface area contributed by atoms with Crippen LogP contribution in [-0.2, 0) is 23.9 Å². The standard InChI is InChI=1S/C20H35N7O6/c1-19(2,3)32-17(30)13(21)11-15(28)27-10-9-26(18(31)33-20(4,5)6)12-14(27)16(29)23-7-8-24-25-22/h13-14H,7-12,21H2,1-6H3,(H,23,29)/t13-,14+/m0/s1. The Morgan fingerprint density at radius 2 is 1.73 bits per heavy atom. The minimum absolute atomic E-state index is 0.0300. The number of hydrogen-bond donors (Lipinski definition) is 2. The minimum Gasteiger partial charge on any atom is -0.459 e. The Hall–Kier alpha value is -3.05. The maximum atomic E-state index is 12.9. The molecule has 1 aliphatic heterocycles. The maximum Gasteiger partial charge on any atom is 0.410 e. The van der Waals surface area contributed by atoms with E-state index in [1.54, 1.807) is 41.5 Å². The Kier molecular flexibility index (Phi) is 9.93. The molecule has 3 amide bonds. The minimum atomic E-state index is -1.20. The van der Waals surface area contributed by atoms with Crippen LogP contribution in [0.2, 0.25) is 0 Å². The molecule has 0 unspecified atom stereocenters. The first kappa shape index (κ1) is 28.0. The number of nitrogens with two attached hydrogens (primary N) is 1. The number of carbonyl (C=O) groups excluding carboxylic acids is 4. The first-order chi connectivity index (χ1) is 15.1. The summed E-state index contributed by atoms with van der Waals surface area (Å²) in [5.41, 5.74) is 12.7. The van der Waals surface area contributed by atoms with Gasteiger partial charge in [-0.3, -0.25) is 14.4 Å². The van der Waals surface area contributed by atoms with Crippen LogP contribution >= 0.6 is 0 Å². The lowest BCUT2D eigenvalue weighted by Gasteiger charge is -2.41. The number of rotatable bonds is 7. The van der Waals surface area contributed by atoms with Crippen molar-refractivity contribution < 1.29 is 28.7 Å². The maximum absolute atomic E-state index is 12.9. The van der Waals surface area contributed by atoms with Gasteiger partial charge in [-0.2, -0.15) is 0 Å². The smallest absolute Gasteiger partial charge is 0.410 e. The topological polar surface area (TPSA) is 180 Å². The summed E-state index contributed by atoms with van der Waals surface area (Å²) in [6.45, 7) is 10.4. The van der Waals surface area contributed by atoms with E-state index in [4.69, 9.17) is 20.7 Å². The summed E-state index contributed by atoms with van der Waals surface area (Å²) in [5, 5.41) is 5.93. The van der Waals surface area contributed by atoms with Gasteiger partial charge in [-0.05, 0) is 47.1 Å². The molecule has 33 heavy (non-hydrogen) atoms. The third kappa shape index (κ3) is 9.96. The van der Waals surface area contributed by atoms with Gasteiger partial charge < -0.3 is 30.3 Å². The van der Waals surface area contributed by atoms with Crippen molar-refractivity contribution in [2.75, 3.05) is 32.7 Å². The van der Waals surface area contributed by atoms with Crippen molar-refractivity contribution >= 4 is 23.9 Å². The zero-order valence-corrected chi connectivity index (χ0v) is 20.2. The third-order valence-electron chi connectivity index (χ3n) is 4.33. The number of nitrogens with zero attached hydrogens (tertiary/aromatic N) is 5. The van der Waals surface area contributed by atoms with Gasteiger partial charge in [0.15, 0.2) is 0 Å². The van der Waals surface area contributed by atoms with Crippen LogP contribution in [-0.4, -0.2) is 89.7 Å². The number of esters is 1. The Morgan fingerprint density at radius 3 is 2.27 bits per heavy atom. The molecule has 2 atom stereocenters. The van der Waals surface area contributed by atoms with Crippen LogP contribution in [0.3, 0.4) is 0 Å². The second-order valence-corrected chi connectivity index (χ2v) is 9.62. The lowest BCUT2D eigenvalue weighted by molar-refractivity contribution is -0.158. The molecule has 1 aliphatic rings. The zero-order chi connectivity index (χ0) is 25.4. The molecule has 0 saturated carbocycles. The number of amides is 3. The molecule has 1 rings (SSSR count). The average Bonchev–Trinajstić information content (AvgIpc) is 2.67. The van der Waals surface area contributed by atoms with Crippen LogP contribution in [0.25, 0.3) is 10.4 Å². The van der Waals surface area contributed by atoms with Crippen molar-refractivity contribution in [1.82, 2.24) is 15.1 Å². The molecule has 0 radical (unpaired) electrons. The highest BCUT2D eigenvalue weighted by Crippen LogP contribution is 2.17. The SMILES string of the molecule is CC(C)(C)OC(=O)[C@@H](N)CC(=O)N1CCN(C(=O)OC(C)(C)C)C[C@@H]1C(=O)NCCN=[N+]=[N-]. The van der Waals surface area contributed by atoms with Crippen LogP contribution in [0.15, 0.2) is 5.11 Å². The van der Waals surface area contributed by atoms with Crippen molar-refractivity contribution in [3.8, 4) is 0 Å². The van der Waals surface area contributed by atoms with Crippen molar-refractivity contribution in [3.63, 3.8) is 0 Å². The molecule has 1 heterocycles. The van der Waals surface area contributed by atoms with Crippen molar-refractivity contribution in [2.24, 2.45) is 10.8 Å². The number of azide groups is 1. The lowest BCUT2D eigenvalue weighted by atomic mass is 10.1. The van der Waals surface area contributed by atoms with E-state index in [9.17, 15) is 19.2 Å². The fraction of sp³-hybridized carbons (Fsp3) is 0.800. The quantitative estimate of drug-likeness (QED) is 0.183. The van der Waals surface area contributed by atoms with Crippen molar-refractivity contribution in [3.05, 3.63) is 10.4 Å². The summed E-state index contributed by atoms with van der Waals surface area (Å²) >= 11 is 0. The number of carbonyl (C=O) groups is 4. The van der Waals surface area contributed by atoms with Crippen molar-refractivity contribution in [1.29, 1.82) is 0 Å². The monoisotopic (exact) mass is 469 g/mol. The van der Waals surface area contributed by atoms with Gasteiger partial charge >= 0.3 is 12.1 Å². The largest absolute Gasteiger partial charge is 0.459 e. The first-order valence-corrected chi connectivity index (χ1v) is 10.7. The second-order valence-electron chi connectivity index (χ2n) is 9.62. The van der Waals surface area contributed by atoms with Gasteiger partial charge in [-0.15, -0.1) is 0 Å². The van der Waals surface area contributed by atoms with Crippen LogP contribution in [0.4, 0.5) is 4.79 Å². The highest BCUT2D eigenvalue weighted by molar-refractivity contribution is 5.91. The molecule has 1 saturated heterocycles. The molecular formula is C20H35N7O6. The molecule has 0 bridgehead atoms. The van der Waals surface area contributed by atoms with E-state index >= 15 is 0 Å². The fourth-order valence-electron chi connectivity index (χ4n) is 2.96. The normalized spacial score (nSPS) is 17.5. The summed E-state index contributed by atoms with van der Waals surface area (Å²) in [5.74, 6) is -1.78. The molecular weight excluding hydrogens is 434 g/mol. The number of nitrogens with one attached hydrogen (secondary N) is 1. The molecule has 0 aromatic carbocycles. The van der Waals surface area contributed by atoms with E-state index in [2.05, 4.69) is 15.3 Å². The Labute approximate surface area is 193 Å². The van der Waals surface area contributed by atoms with E-state index in [1.807, 2.05) is 0 Å². The Bertz CT molecular complexity index is 783. The van der Waals surface area contributed by atoms with Gasteiger partial charge in [-0.1, -0.05) is 5.11 Å². The highest BCUT2D eigenvalue weighted by atomic mass is 16.6. The fourth-order valence-corrected chi connectivity index (χ4v) is 2.96. The van der Waals surface area contributed by atoms with Crippen LogP contribution in [0.1, 0.15) is 48.0 Å². The average molecular weight is 470 g/mol. The van der Waals surface area contributed by atoms with E-state index in [1.165, 1.54) is 9.80 Å². The van der Waals surface area contributed by atoms with Gasteiger partial charge in [0.2, 0.25) is 11.8 Å².